The highest BCUT2D eigenvalue weighted by Gasteiger charge is 2.09. The zero-order valence-corrected chi connectivity index (χ0v) is 11.3. The second kappa shape index (κ2) is 5.16. The van der Waals surface area contributed by atoms with Crippen LogP contribution in [0.3, 0.4) is 0 Å². The smallest absolute Gasteiger partial charge is 0.162 e. The van der Waals surface area contributed by atoms with Gasteiger partial charge in [0.1, 0.15) is 17.6 Å². The molecule has 6 heteroatoms. The third kappa shape index (κ3) is 2.27. The lowest BCUT2D eigenvalue weighted by Gasteiger charge is -2.07. The van der Waals surface area contributed by atoms with Crippen LogP contribution in [-0.2, 0) is 0 Å². The van der Waals surface area contributed by atoms with Gasteiger partial charge in [-0.15, -0.1) is 0 Å². The van der Waals surface area contributed by atoms with E-state index >= 15 is 0 Å². The van der Waals surface area contributed by atoms with Gasteiger partial charge in [0.05, 0.1) is 12.3 Å². The summed E-state index contributed by atoms with van der Waals surface area (Å²) >= 11 is 0. The minimum absolute atomic E-state index is 0.659. The predicted molar refractivity (Wildman–Crippen MR) is 77.3 cm³/mol. The summed E-state index contributed by atoms with van der Waals surface area (Å²) in [6.45, 7) is 4.55. The zero-order valence-electron chi connectivity index (χ0n) is 11.3. The van der Waals surface area contributed by atoms with Crippen LogP contribution >= 0.6 is 0 Å². The van der Waals surface area contributed by atoms with E-state index in [1.54, 1.807) is 0 Å². The summed E-state index contributed by atoms with van der Waals surface area (Å²) in [5, 5.41) is 10.4. The molecule has 0 aliphatic carbocycles. The molecule has 2 heterocycles. The van der Waals surface area contributed by atoms with Crippen molar-refractivity contribution in [3.63, 3.8) is 0 Å². The monoisotopic (exact) mass is 269 g/mol. The van der Waals surface area contributed by atoms with E-state index in [-0.39, 0.29) is 0 Å². The Bertz CT molecular complexity index is 720. The molecule has 3 rings (SSSR count). The first kappa shape index (κ1) is 12.4. The maximum absolute atomic E-state index is 5.41. The Balaban J connectivity index is 1.89. The molecule has 0 radical (unpaired) electrons. The van der Waals surface area contributed by atoms with Crippen LogP contribution < -0.4 is 10.1 Å². The normalized spacial score (nSPS) is 10.7. The van der Waals surface area contributed by atoms with Gasteiger partial charge >= 0.3 is 0 Å². The predicted octanol–water partition coefficient (Wildman–Crippen LogP) is 2.80. The number of anilines is 2. The second-order valence-corrected chi connectivity index (χ2v) is 4.35. The Morgan fingerprint density at radius 1 is 1.15 bits per heavy atom. The van der Waals surface area contributed by atoms with Crippen molar-refractivity contribution in [3.8, 4) is 5.75 Å². The molecule has 0 aliphatic heterocycles. The van der Waals surface area contributed by atoms with Crippen molar-refractivity contribution < 1.29 is 4.74 Å². The fourth-order valence-electron chi connectivity index (χ4n) is 1.98. The highest BCUT2D eigenvalue weighted by Crippen LogP contribution is 2.23. The molecule has 3 aromatic rings. The number of hydrogen-bond donors (Lipinski definition) is 2. The summed E-state index contributed by atoms with van der Waals surface area (Å²) in [6.07, 6.45) is 1.53. The highest BCUT2D eigenvalue weighted by atomic mass is 16.5. The molecule has 1 aromatic carbocycles. The number of hydrogen-bond acceptors (Lipinski definition) is 5. The van der Waals surface area contributed by atoms with E-state index in [0.717, 1.165) is 28.2 Å². The van der Waals surface area contributed by atoms with Crippen LogP contribution in [0.1, 0.15) is 12.6 Å². The summed E-state index contributed by atoms with van der Waals surface area (Å²) in [7, 11) is 0. The summed E-state index contributed by atoms with van der Waals surface area (Å²) in [5.74, 6) is 1.53. The second-order valence-electron chi connectivity index (χ2n) is 4.35. The third-order valence-electron chi connectivity index (χ3n) is 2.94. The van der Waals surface area contributed by atoms with Crippen molar-refractivity contribution in [2.24, 2.45) is 0 Å². The molecule has 0 spiro atoms. The number of nitrogens with zero attached hydrogens (tertiary/aromatic N) is 3. The number of H-pyrrole nitrogens is 1. The topological polar surface area (TPSA) is 75.7 Å². The van der Waals surface area contributed by atoms with Gasteiger partial charge < -0.3 is 10.1 Å². The van der Waals surface area contributed by atoms with Gasteiger partial charge in [-0.25, -0.2) is 9.97 Å². The van der Waals surface area contributed by atoms with E-state index in [1.165, 1.54) is 6.33 Å². The molecule has 102 valence electrons. The molecule has 0 atom stereocenters. The number of aromatic amines is 1. The van der Waals surface area contributed by atoms with Crippen molar-refractivity contribution in [1.82, 2.24) is 20.2 Å². The molecule has 20 heavy (non-hydrogen) atoms. The summed E-state index contributed by atoms with van der Waals surface area (Å²) in [6, 6.07) is 7.72. The molecule has 0 fully saturated rings. The van der Waals surface area contributed by atoms with Crippen LogP contribution in [0.15, 0.2) is 30.6 Å². The first-order valence-corrected chi connectivity index (χ1v) is 6.43. The molecule has 0 saturated heterocycles. The van der Waals surface area contributed by atoms with Crippen molar-refractivity contribution in [3.05, 3.63) is 36.3 Å². The Kier molecular flexibility index (Phi) is 3.20. The molecule has 0 aliphatic rings. The zero-order chi connectivity index (χ0) is 13.9. The number of benzene rings is 1. The minimum Gasteiger partial charge on any atom is -0.494 e. The molecule has 0 amide bonds. The number of ether oxygens (including phenoxy) is 1. The van der Waals surface area contributed by atoms with Crippen LogP contribution in [-0.4, -0.2) is 26.8 Å². The lowest BCUT2D eigenvalue weighted by atomic mass is 10.3. The Morgan fingerprint density at radius 3 is 2.70 bits per heavy atom. The van der Waals surface area contributed by atoms with Gasteiger partial charge in [0.15, 0.2) is 11.3 Å². The molecule has 0 unspecified atom stereocenters. The molecule has 0 saturated carbocycles. The SMILES string of the molecule is CCOc1ccc(Nc2ncnc3c(C)[nH]nc23)cc1. The Labute approximate surface area is 116 Å². The van der Waals surface area contributed by atoms with E-state index in [1.807, 2.05) is 38.1 Å². The average molecular weight is 269 g/mol. The number of fused-ring (bicyclic) bond motifs is 1. The lowest BCUT2D eigenvalue weighted by Crippen LogP contribution is -1.96. The first-order chi connectivity index (χ1) is 9.78. The maximum atomic E-state index is 5.41. The first-order valence-electron chi connectivity index (χ1n) is 6.43. The van der Waals surface area contributed by atoms with Crippen LogP contribution in [0.5, 0.6) is 5.75 Å². The van der Waals surface area contributed by atoms with Gasteiger partial charge in [-0.1, -0.05) is 0 Å². The summed E-state index contributed by atoms with van der Waals surface area (Å²) in [5.41, 5.74) is 3.42. The number of rotatable bonds is 4. The van der Waals surface area contributed by atoms with E-state index in [4.69, 9.17) is 4.74 Å². The molecular weight excluding hydrogens is 254 g/mol. The fourth-order valence-corrected chi connectivity index (χ4v) is 1.98. The fraction of sp³-hybridized carbons (Fsp3) is 0.214. The molecule has 6 nitrogen and oxygen atoms in total. The largest absolute Gasteiger partial charge is 0.494 e. The molecule has 2 N–H and O–H groups in total. The number of nitrogens with one attached hydrogen (secondary N) is 2. The van der Waals surface area contributed by atoms with E-state index < -0.39 is 0 Å². The lowest BCUT2D eigenvalue weighted by molar-refractivity contribution is 0.340. The highest BCUT2D eigenvalue weighted by molar-refractivity contribution is 5.88. The van der Waals surface area contributed by atoms with Crippen LogP contribution in [0.2, 0.25) is 0 Å². The van der Waals surface area contributed by atoms with Gasteiger partial charge in [0.25, 0.3) is 0 Å². The molecule has 0 bridgehead atoms. The molecular formula is C14H15N5O. The Hall–Kier alpha value is -2.63. The number of aromatic nitrogens is 4. The van der Waals surface area contributed by atoms with Gasteiger partial charge in [-0.3, -0.25) is 5.10 Å². The standard InChI is InChI=1S/C14H15N5O/c1-3-20-11-6-4-10(5-7-11)17-14-13-12(15-8-16-14)9(2)18-19-13/h4-8H,3H2,1-2H3,(H,18,19)(H,15,16,17). The summed E-state index contributed by atoms with van der Waals surface area (Å²) < 4.78 is 5.41. The van der Waals surface area contributed by atoms with E-state index in [9.17, 15) is 0 Å². The van der Waals surface area contributed by atoms with Gasteiger partial charge in [-0.2, -0.15) is 5.10 Å². The van der Waals surface area contributed by atoms with Crippen molar-refractivity contribution in [1.29, 1.82) is 0 Å². The summed E-state index contributed by atoms with van der Waals surface area (Å²) in [4.78, 5) is 8.45. The Morgan fingerprint density at radius 2 is 1.95 bits per heavy atom. The van der Waals surface area contributed by atoms with Gasteiger partial charge in [0.2, 0.25) is 0 Å². The third-order valence-corrected chi connectivity index (χ3v) is 2.94. The van der Waals surface area contributed by atoms with Gasteiger partial charge in [-0.05, 0) is 38.1 Å². The van der Waals surface area contributed by atoms with Crippen molar-refractivity contribution in [2.45, 2.75) is 13.8 Å². The van der Waals surface area contributed by atoms with E-state index in [0.29, 0.717) is 12.4 Å². The maximum Gasteiger partial charge on any atom is 0.162 e. The van der Waals surface area contributed by atoms with Crippen molar-refractivity contribution >= 4 is 22.5 Å². The average Bonchev–Trinajstić information content (AvgIpc) is 2.84. The number of aryl methyl sites for hydroxylation is 1. The van der Waals surface area contributed by atoms with Crippen LogP contribution in [0.25, 0.3) is 11.0 Å². The van der Waals surface area contributed by atoms with Crippen molar-refractivity contribution in [2.75, 3.05) is 11.9 Å². The van der Waals surface area contributed by atoms with Crippen LogP contribution in [0, 0.1) is 6.92 Å². The van der Waals surface area contributed by atoms with Crippen LogP contribution in [0.4, 0.5) is 11.5 Å². The van der Waals surface area contributed by atoms with Gasteiger partial charge in [0, 0.05) is 5.69 Å². The molecule has 2 aromatic heterocycles. The van der Waals surface area contributed by atoms with E-state index in [2.05, 4.69) is 25.5 Å². The quantitative estimate of drug-likeness (QED) is 0.761. The minimum atomic E-state index is 0.659.